The minimum atomic E-state index is -0.434. The van der Waals surface area contributed by atoms with Gasteiger partial charge in [0.25, 0.3) is 5.91 Å². The summed E-state index contributed by atoms with van der Waals surface area (Å²) in [5, 5.41) is 10.3. The summed E-state index contributed by atoms with van der Waals surface area (Å²) in [6.45, 7) is 4.71. The second-order valence-corrected chi connectivity index (χ2v) is 6.21. The quantitative estimate of drug-likeness (QED) is 0.798. The predicted molar refractivity (Wildman–Crippen MR) is 82.5 cm³/mol. The van der Waals surface area contributed by atoms with E-state index in [1.54, 1.807) is 0 Å². The van der Waals surface area contributed by atoms with Crippen LogP contribution in [-0.2, 0) is 9.53 Å². The molecule has 2 saturated heterocycles. The molecule has 2 aliphatic rings. The number of carbonyl (C=O) groups is 1. The summed E-state index contributed by atoms with van der Waals surface area (Å²) >= 11 is 0. The van der Waals surface area contributed by atoms with E-state index in [4.69, 9.17) is 4.74 Å². The van der Waals surface area contributed by atoms with E-state index in [0.29, 0.717) is 13.2 Å². The molecule has 120 valence electrons. The van der Waals surface area contributed by atoms with Gasteiger partial charge in [-0.3, -0.25) is 4.79 Å². The van der Waals surface area contributed by atoms with Gasteiger partial charge in [-0.1, -0.05) is 30.3 Å². The van der Waals surface area contributed by atoms with Crippen molar-refractivity contribution in [3.8, 4) is 0 Å². The molecule has 0 spiro atoms. The first-order chi connectivity index (χ1) is 10.7. The van der Waals surface area contributed by atoms with Crippen molar-refractivity contribution in [1.29, 1.82) is 0 Å². The van der Waals surface area contributed by atoms with Gasteiger partial charge >= 0.3 is 0 Å². The van der Waals surface area contributed by atoms with Gasteiger partial charge in [0.15, 0.2) is 0 Å². The van der Waals surface area contributed by atoms with Crippen molar-refractivity contribution in [2.45, 2.75) is 25.0 Å². The van der Waals surface area contributed by atoms with E-state index in [9.17, 15) is 9.90 Å². The highest BCUT2D eigenvalue weighted by Crippen LogP contribution is 2.15. The lowest BCUT2D eigenvalue weighted by Gasteiger charge is -2.34. The Labute approximate surface area is 131 Å². The summed E-state index contributed by atoms with van der Waals surface area (Å²) in [6.07, 6.45) is 1.21. The van der Waals surface area contributed by atoms with Crippen LogP contribution >= 0.6 is 0 Å². The average molecular weight is 305 g/mol. The maximum Gasteiger partial charge on any atom is 0.252 e. The Morgan fingerprint density at radius 1 is 1.32 bits per heavy atom. The van der Waals surface area contributed by atoms with E-state index < -0.39 is 6.10 Å². The Morgan fingerprint density at radius 3 is 2.68 bits per heavy atom. The molecule has 0 aliphatic carbocycles. The normalized spacial score (nSPS) is 24.4. The van der Waals surface area contributed by atoms with E-state index in [1.165, 1.54) is 4.90 Å². The van der Waals surface area contributed by atoms with Crippen molar-refractivity contribution in [2.24, 2.45) is 0 Å². The van der Waals surface area contributed by atoms with Crippen molar-refractivity contribution in [2.75, 3.05) is 39.3 Å². The molecule has 5 heteroatoms. The van der Waals surface area contributed by atoms with Crippen LogP contribution < -0.4 is 4.90 Å². The molecule has 0 bridgehead atoms. The molecule has 2 aliphatic heterocycles. The number of ether oxygens (including phenoxy) is 1. The largest absolute Gasteiger partial charge is 0.382 e. The molecule has 5 nitrogen and oxygen atoms in total. The van der Waals surface area contributed by atoms with Gasteiger partial charge in [-0.05, 0) is 18.4 Å². The first kappa shape index (κ1) is 15.5. The van der Waals surface area contributed by atoms with Crippen LogP contribution in [0.2, 0.25) is 0 Å². The number of aliphatic hydroxyl groups is 1. The Kier molecular flexibility index (Phi) is 5.08. The standard InChI is InChI=1S/C17H24N2O3/c20-15(14-5-2-1-3-6-14)13-18-8-10-19(11-9-18)17(21)16-7-4-12-22-16/h1-3,5-6,15-16,20H,4,7-13H2/p+1/t15-,16+/m1/s1. The fourth-order valence-corrected chi connectivity index (χ4v) is 3.29. The van der Waals surface area contributed by atoms with Crippen molar-refractivity contribution in [3.63, 3.8) is 0 Å². The number of amides is 1. The molecule has 0 radical (unpaired) electrons. The van der Waals surface area contributed by atoms with Crippen LogP contribution in [0.3, 0.4) is 0 Å². The number of nitrogens with zero attached hydrogens (tertiary/aromatic N) is 1. The molecule has 2 fully saturated rings. The number of benzene rings is 1. The fourth-order valence-electron chi connectivity index (χ4n) is 3.29. The van der Waals surface area contributed by atoms with Gasteiger partial charge in [0.1, 0.15) is 18.8 Å². The lowest BCUT2D eigenvalue weighted by atomic mass is 10.1. The molecule has 0 unspecified atom stereocenters. The molecule has 1 amide bonds. The summed E-state index contributed by atoms with van der Waals surface area (Å²) in [5.41, 5.74) is 0.966. The van der Waals surface area contributed by atoms with E-state index in [1.807, 2.05) is 35.2 Å². The van der Waals surface area contributed by atoms with Crippen molar-refractivity contribution < 1.29 is 19.5 Å². The summed E-state index contributed by atoms with van der Waals surface area (Å²) in [5.74, 6) is 0.153. The molecular formula is C17H25N2O3+. The van der Waals surface area contributed by atoms with Gasteiger partial charge in [-0.15, -0.1) is 0 Å². The van der Waals surface area contributed by atoms with Crippen LogP contribution in [0.5, 0.6) is 0 Å². The first-order valence-corrected chi connectivity index (χ1v) is 8.21. The molecule has 1 aromatic carbocycles. The van der Waals surface area contributed by atoms with Crippen LogP contribution in [-0.4, -0.2) is 61.3 Å². The second kappa shape index (κ2) is 7.22. The van der Waals surface area contributed by atoms with Crippen molar-refractivity contribution in [3.05, 3.63) is 35.9 Å². The number of hydrogen-bond donors (Lipinski definition) is 2. The third-order valence-corrected chi connectivity index (χ3v) is 4.65. The number of nitrogens with one attached hydrogen (secondary N) is 1. The summed E-state index contributed by atoms with van der Waals surface area (Å²) in [4.78, 5) is 15.6. The van der Waals surface area contributed by atoms with Crippen molar-refractivity contribution >= 4 is 5.91 Å². The van der Waals surface area contributed by atoms with Crippen LogP contribution in [0, 0.1) is 0 Å². The highest BCUT2D eigenvalue weighted by atomic mass is 16.5. The molecule has 2 atom stereocenters. The molecule has 0 aromatic heterocycles. The molecule has 3 rings (SSSR count). The highest BCUT2D eigenvalue weighted by molar-refractivity contribution is 5.81. The number of piperazine rings is 1. The first-order valence-electron chi connectivity index (χ1n) is 8.21. The van der Waals surface area contributed by atoms with Gasteiger partial charge in [0, 0.05) is 6.61 Å². The highest BCUT2D eigenvalue weighted by Gasteiger charge is 2.32. The summed E-state index contributed by atoms with van der Waals surface area (Å²) in [6, 6.07) is 9.78. The molecule has 2 N–H and O–H groups in total. The lowest BCUT2D eigenvalue weighted by molar-refractivity contribution is -0.907. The predicted octanol–water partition coefficient (Wildman–Crippen LogP) is -0.374. The van der Waals surface area contributed by atoms with E-state index in [-0.39, 0.29) is 12.0 Å². The molecular weight excluding hydrogens is 280 g/mol. The lowest BCUT2D eigenvalue weighted by Crippen LogP contribution is -3.15. The molecule has 2 heterocycles. The molecule has 0 saturated carbocycles. The monoisotopic (exact) mass is 305 g/mol. The maximum atomic E-state index is 12.3. The number of rotatable bonds is 4. The van der Waals surface area contributed by atoms with Crippen molar-refractivity contribution in [1.82, 2.24) is 4.90 Å². The summed E-state index contributed by atoms with van der Waals surface area (Å²) in [7, 11) is 0. The van der Waals surface area contributed by atoms with E-state index >= 15 is 0 Å². The smallest absolute Gasteiger partial charge is 0.252 e. The Hall–Kier alpha value is -1.43. The van der Waals surface area contributed by atoms with Crippen LogP contribution in [0.25, 0.3) is 0 Å². The SMILES string of the molecule is O=C([C@@H]1CCCO1)N1CC[NH+](C[C@@H](O)c2ccccc2)CC1. The number of aliphatic hydroxyl groups excluding tert-OH is 1. The zero-order chi connectivity index (χ0) is 15.4. The third kappa shape index (κ3) is 3.66. The van der Waals surface area contributed by atoms with Gasteiger partial charge in [0.2, 0.25) is 0 Å². The maximum absolute atomic E-state index is 12.3. The minimum absolute atomic E-state index is 0.153. The molecule has 22 heavy (non-hydrogen) atoms. The number of carbonyl (C=O) groups excluding carboxylic acids is 1. The van der Waals surface area contributed by atoms with Gasteiger partial charge in [-0.2, -0.15) is 0 Å². The Bertz CT molecular complexity index is 480. The minimum Gasteiger partial charge on any atom is -0.382 e. The van der Waals surface area contributed by atoms with Gasteiger partial charge in [-0.25, -0.2) is 0 Å². The summed E-state index contributed by atoms with van der Waals surface area (Å²) < 4.78 is 5.48. The number of hydrogen-bond acceptors (Lipinski definition) is 3. The second-order valence-electron chi connectivity index (χ2n) is 6.21. The Morgan fingerprint density at radius 2 is 2.05 bits per heavy atom. The average Bonchev–Trinajstić information content (AvgIpc) is 3.10. The zero-order valence-electron chi connectivity index (χ0n) is 12.9. The van der Waals surface area contributed by atoms with Crippen LogP contribution in [0.15, 0.2) is 30.3 Å². The van der Waals surface area contributed by atoms with Crippen LogP contribution in [0.4, 0.5) is 0 Å². The Balaban J connectivity index is 1.46. The van der Waals surface area contributed by atoms with E-state index in [2.05, 4.69) is 0 Å². The van der Waals surface area contributed by atoms with E-state index in [0.717, 1.165) is 44.6 Å². The van der Waals surface area contributed by atoms with Crippen LogP contribution in [0.1, 0.15) is 24.5 Å². The zero-order valence-corrected chi connectivity index (χ0v) is 12.9. The molecule has 1 aromatic rings. The van der Waals surface area contributed by atoms with Gasteiger partial charge < -0.3 is 19.6 Å². The third-order valence-electron chi connectivity index (χ3n) is 4.65. The number of quaternary nitrogens is 1. The topological polar surface area (TPSA) is 54.2 Å². The fraction of sp³-hybridized carbons (Fsp3) is 0.588. The van der Waals surface area contributed by atoms with Gasteiger partial charge in [0.05, 0.1) is 26.2 Å².